The first-order valence-corrected chi connectivity index (χ1v) is 12.4. The van der Waals surface area contributed by atoms with Crippen molar-refractivity contribution in [2.45, 2.75) is 29.9 Å². The van der Waals surface area contributed by atoms with Crippen LogP contribution in [-0.4, -0.2) is 53.0 Å². The second-order valence-corrected chi connectivity index (χ2v) is 9.86. The summed E-state index contributed by atoms with van der Waals surface area (Å²) < 4.78 is 21.8. The van der Waals surface area contributed by atoms with E-state index in [0.717, 1.165) is 10.3 Å². The molecule has 11 heteroatoms. The van der Waals surface area contributed by atoms with Gasteiger partial charge in [-0.15, -0.1) is 11.8 Å². The van der Waals surface area contributed by atoms with Crippen molar-refractivity contribution in [2.75, 3.05) is 35.6 Å². The number of pyridine rings is 2. The van der Waals surface area contributed by atoms with E-state index in [4.69, 9.17) is 4.74 Å². The fraction of sp³-hybridized carbons (Fsp3) is 0.333. The van der Waals surface area contributed by atoms with Gasteiger partial charge in [0.25, 0.3) is 5.56 Å². The molecule has 0 aliphatic carbocycles. The monoisotopic (exact) mass is 495 g/mol. The minimum Gasteiger partial charge on any atom is -0.444 e. The van der Waals surface area contributed by atoms with Crippen LogP contribution in [0.1, 0.15) is 17.9 Å². The summed E-state index contributed by atoms with van der Waals surface area (Å²) in [5, 5.41) is 6.93. The van der Waals surface area contributed by atoms with Gasteiger partial charge >= 0.3 is 6.09 Å². The lowest BCUT2D eigenvalue weighted by Gasteiger charge is -2.18. The van der Waals surface area contributed by atoms with E-state index >= 15 is 0 Å². The summed E-state index contributed by atoms with van der Waals surface area (Å²) in [7, 11) is 0. The van der Waals surface area contributed by atoms with Crippen molar-refractivity contribution >= 4 is 46.3 Å². The molecule has 1 fully saturated rings. The number of rotatable bonds is 6. The first kappa shape index (κ1) is 22.1. The van der Waals surface area contributed by atoms with Crippen LogP contribution in [0.4, 0.5) is 20.8 Å². The average molecular weight is 496 g/mol. The zero-order valence-corrected chi connectivity index (χ0v) is 19.4. The van der Waals surface area contributed by atoms with Crippen LogP contribution in [-0.2, 0) is 16.1 Å². The zero-order chi connectivity index (χ0) is 24.1. The summed E-state index contributed by atoms with van der Waals surface area (Å²) in [5.41, 5.74) is 1.13. The van der Waals surface area contributed by atoms with Gasteiger partial charge in [-0.2, -0.15) is 0 Å². The summed E-state index contributed by atoms with van der Waals surface area (Å²) in [6, 6.07) is 10.00. The van der Waals surface area contributed by atoms with E-state index in [0.29, 0.717) is 61.1 Å². The van der Waals surface area contributed by atoms with E-state index < -0.39 is 6.09 Å². The van der Waals surface area contributed by atoms with Gasteiger partial charge in [0, 0.05) is 30.6 Å². The van der Waals surface area contributed by atoms with Gasteiger partial charge in [-0.25, -0.2) is 14.2 Å². The van der Waals surface area contributed by atoms with Crippen molar-refractivity contribution in [2.24, 2.45) is 0 Å². The van der Waals surface area contributed by atoms with Crippen molar-refractivity contribution in [3.8, 4) is 0 Å². The third-order valence-electron chi connectivity index (χ3n) is 6.59. The predicted molar refractivity (Wildman–Crippen MR) is 130 cm³/mol. The number of anilines is 2. The lowest BCUT2D eigenvalue weighted by atomic mass is 9.99. The standard InChI is InChI=1S/C24H22FN5O4S/c25-16-3-1-13-2-6-20(32)30-10-14(21(16)22(13)30)9-26-8-7-15-11-29(24(33)34-15)18-5-4-17-23(27-18)28-19(31)12-35-17/h1-6,14-15,26H,7-12H2,(H,27,28,31)/t14-,15-/m1/s1. The maximum absolute atomic E-state index is 14.6. The fourth-order valence-corrected chi connectivity index (χ4v) is 5.70. The van der Waals surface area contributed by atoms with Crippen LogP contribution >= 0.6 is 11.8 Å². The average Bonchev–Trinajstić information content (AvgIpc) is 3.42. The highest BCUT2D eigenvalue weighted by atomic mass is 32.2. The molecule has 3 aliphatic heterocycles. The van der Waals surface area contributed by atoms with E-state index in [1.807, 2.05) is 6.07 Å². The molecule has 6 rings (SSSR count). The minimum atomic E-state index is -0.475. The molecule has 1 aromatic carbocycles. The summed E-state index contributed by atoms with van der Waals surface area (Å²) >= 11 is 1.41. The minimum absolute atomic E-state index is 0.119. The zero-order valence-electron chi connectivity index (χ0n) is 18.6. The van der Waals surface area contributed by atoms with E-state index in [-0.39, 0.29) is 29.3 Å². The smallest absolute Gasteiger partial charge is 0.415 e. The highest BCUT2D eigenvalue weighted by molar-refractivity contribution is 8.00. The number of cyclic esters (lactones) is 1. The van der Waals surface area contributed by atoms with Crippen LogP contribution in [0, 0.1) is 5.82 Å². The molecule has 2 N–H and O–H groups in total. The Labute approximate surface area is 203 Å². The van der Waals surface area contributed by atoms with Gasteiger partial charge in [0.15, 0.2) is 0 Å². The third kappa shape index (κ3) is 3.94. The number of carbonyl (C=O) groups is 2. The second-order valence-electron chi connectivity index (χ2n) is 8.84. The molecule has 180 valence electrons. The molecule has 0 radical (unpaired) electrons. The largest absolute Gasteiger partial charge is 0.444 e. The summed E-state index contributed by atoms with van der Waals surface area (Å²) in [6.45, 7) is 1.86. The van der Waals surface area contributed by atoms with E-state index in [2.05, 4.69) is 15.6 Å². The molecule has 3 aliphatic rings. The van der Waals surface area contributed by atoms with Crippen molar-refractivity contribution in [3.05, 3.63) is 58.1 Å². The third-order valence-corrected chi connectivity index (χ3v) is 7.64. The first-order valence-electron chi connectivity index (χ1n) is 11.4. The van der Waals surface area contributed by atoms with Crippen molar-refractivity contribution in [3.63, 3.8) is 0 Å². The molecule has 9 nitrogen and oxygen atoms in total. The Balaban J connectivity index is 1.06. The lowest BCUT2D eigenvalue weighted by molar-refractivity contribution is -0.113. The van der Waals surface area contributed by atoms with E-state index in [1.165, 1.54) is 28.8 Å². The molecule has 2 aromatic heterocycles. The number of thioether (sulfide) groups is 1. The molecule has 35 heavy (non-hydrogen) atoms. The Hall–Kier alpha value is -3.44. The van der Waals surface area contributed by atoms with Gasteiger partial charge in [0.1, 0.15) is 23.6 Å². The normalized spacial score (nSPS) is 20.8. The first-order chi connectivity index (χ1) is 17.0. The maximum Gasteiger partial charge on any atom is 0.415 e. The molecular weight excluding hydrogens is 473 g/mol. The second kappa shape index (κ2) is 8.65. The molecular formula is C24H22FN5O4S. The lowest BCUT2D eigenvalue weighted by Crippen LogP contribution is -2.29. The van der Waals surface area contributed by atoms with Gasteiger partial charge in [-0.05, 0) is 48.7 Å². The molecule has 2 amide bonds. The summed E-state index contributed by atoms with van der Waals surface area (Å²) in [6.07, 6.45) is -0.219. The van der Waals surface area contributed by atoms with Crippen LogP contribution in [0.15, 0.2) is 46.1 Å². The number of ether oxygens (including phenoxy) is 1. The highest BCUT2D eigenvalue weighted by Gasteiger charge is 2.34. The molecule has 0 saturated carbocycles. The van der Waals surface area contributed by atoms with E-state index in [9.17, 15) is 18.8 Å². The van der Waals surface area contributed by atoms with Gasteiger partial charge in [0.05, 0.1) is 22.7 Å². The van der Waals surface area contributed by atoms with Crippen LogP contribution in [0.3, 0.4) is 0 Å². The van der Waals surface area contributed by atoms with Crippen LogP contribution in [0.25, 0.3) is 10.9 Å². The summed E-state index contributed by atoms with van der Waals surface area (Å²) in [4.78, 5) is 43.1. The number of hydrogen-bond acceptors (Lipinski definition) is 7. The highest BCUT2D eigenvalue weighted by Crippen LogP contribution is 2.35. The fourth-order valence-electron chi connectivity index (χ4n) is 4.95. The van der Waals surface area contributed by atoms with Crippen molar-refractivity contribution in [1.29, 1.82) is 0 Å². The van der Waals surface area contributed by atoms with Crippen LogP contribution < -0.4 is 21.1 Å². The number of halogens is 1. The molecule has 3 aromatic rings. The van der Waals surface area contributed by atoms with Gasteiger partial charge in [-0.1, -0.05) is 0 Å². The quantitative estimate of drug-likeness (QED) is 0.507. The summed E-state index contributed by atoms with van der Waals surface area (Å²) in [5.74, 6) is 0.676. The maximum atomic E-state index is 14.6. The Morgan fingerprint density at radius 3 is 2.89 bits per heavy atom. The molecule has 5 heterocycles. The Bertz CT molecular complexity index is 1430. The molecule has 1 saturated heterocycles. The Morgan fingerprint density at radius 2 is 2.00 bits per heavy atom. The number of fused-ring (bicyclic) bond motifs is 1. The number of amides is 2. The number of hydrogen-bond donors (Lipinski definition) is 2. The van der Waals surface area contributed by atoms with Crippen molar-refractivity contribution < 1.29 is 18.7 Å². The molecule has 0 spiro atoms. The van der Waals surface area contributed by atoms with Crippen LogP contribution in [0.5, 0.6) is 0 Å². The Kier molecular flexibility index (Phi) is 5.45. The number of carbonyl (C=O) groups excluding carboxylic acids is 2. The van der Waals surface area contributed by atoms with Crippen LogP contribution in [0.2, 0.25) is 0 Å². The van der Waals surface area contributed by atoms with Crippen molar-refractivity contribution in [1.82, 2.24) is 14.9 Å². The van der Waals surface area contributed by atoms with Gasteiger partial charge in [-0.3, -0.25) is 14.5 Å². The SMILES string of the molecule is O=C1CSc2ccc(N3C[C@@H](CCNC[C@@H]4Cn5c(=O)ccc6ccc(F)c4c65)OC3=O)nc2N1. The number of nitrogens with one attached hydrogen (secondary N) is 2. The predicted octanol–water partition coefficient (Wildman–Crippen LogP) is 2.68. The number of nitrogens with zero attached hydrogens (tertiary/aromatic N) is 3. The number of aromatic nitrogens is 2. The topological polar surface area (TPSA) is 106 Å². The Morgan fingerprint density at radius 1 is 1.14 bits per heavy atom. The van der Waals surface area contributed by atoms with E-state index in [1.54, 1.807) is 22.8 Å². The number of benzene rings is 1. The molecule has 0 unspecified atom stereocenters. The van der Waals surface area contributed by atoms with Gasteiger partial charge in [0.2, 0.25) is 5.91 Å². The molecule has 2 atom stereocenters. The van der Waals surface area contributed by atoms with Gasteiger partial charge < -0.3 is 19.9 Å². The molecule has 0 bridgehead atoms.